The zero-order chi connectivity index (χ0) is 29.2. The summed E-state index contributed by atoms with van der Waals surface area (Å²) < 4.78 is 5.79. The quantitative estimate of drug-likeness (QED) is 0.361. The van der Waals surface area contributed by atoms with Crippen LogP contribution in [0.2, 0.25) is 0 Å². The van der Waals surface area contributed by atoms with Gasteiger partial charge in [0.15, 0.2) is 5.82 Å². The highest BCUT2D eigenvalue weighted by Crippen LogP contribution is 2.36. The summed E-state index contributed by atoms with van der Waals surface area (Å²) in [6.07, 6.45) is 8.75. The molecule has 5 heterocycles. The number of nitrogens with zero attached hydrogens (tertiary/aromatic N) is 6. The fourth-order valence-corrected chi connectivity index (χ4v) is 7.32. The van der Waals surface area contributed by atoms with E-state index in [4.69, 9.17) is 5.10 Å². The van der Waals surface area contributed by atoms with E-state index < -0.39 is 0 Å². The highest BCUT2D eigenvalue weighted by atomic mass is 16.3. The Morgan fingerprint density at radius 1 is 1.02 bits per heavy atom. The predicted molar refractivity (Wildman–Crippen MR) is 165 cm³/mol. The van der Waals surface area contributed by atoms with Crippen molar-refractivity contribution in [3.63, 3.8) is 0 Å². The molecule has 2 N–H and O–H groups in total. The number of anilines is 3. The Hall–Kier alpha value is -4.15. The van der Waals surface area contributed by atoms with Gasteiger partial charge in [0.2, 0.25) is 0 Å². The lowest BCUT2D eigenvalue weighted by molar-refractivity contribution is 0.0964. The fraction of sp³-hybridized carbons (Fsp3) is 0.424. The first-order valence-electron chi connectivity index (χ1n) is 15.5. The Morgan fingerprint density at radius 2 is 1.88 bits per heavy atom. The molecule has 43 heavy (non-hydrogen) atoms. The van der Waals surface area contributed by atoms with E-state index in [2.05, 4.69) is 20.9 Å². The number of aliphatic hydroxyl groups is 1. The topological polar surface area (TPSA) is 101 Å². The number of benzene rings is 1. The first-order valence-corrected chi connectivity index (χ1v) is 15.5. The van der Waals surface area contributed by atoms with E-state index in [1.165, 1.54) is 36.9 Å². The van der Waals surface area contributed by atoms with Gasteiger partial charge in [-0.2, -0.15) is 5.10 Å². The van der Waals surface area contributed by atoms with E-state index in [9.17, 15) is 14.7 Å². The van der Waals surface area contributed by atoms with E-state index >= 15 is 0 Å². The van der Waals surface area contributed by atoms with Crippen LogP contribution >= 0.6 is 0 Å². The monoisotopic (exact) mass is 579 g/mol. The molecule has 0 unspecified atom stereocenters. The number of carbonyl (C=O) groups is 1. The summed E-state index contributed by atoms with van der Waals surface area (Å²) >= 11 is 0. The Morgan fingerprint density at radius 3 is 2.72 bits per heavy atom. The van der Waals surface area contributed by atoms with Crippen LogP contribution in [0.15, 0.2) is 47.4 Å². The minimum absolute atomic E-state index is 0.0284. The summed E-state index contributed by atoms with van der Waals surface area (Å²) in [4.78, 5) is 31.3. The summed E-state index contributed by atoms with van der Waals surface area (Å²) in [7, 11) is 1.73. The standard InChI is InChI=1S/C33H37N7O3/c1-36-18-22(15-27(32(36)42)34-31-17-24-19-37(23-9-10-23)11-14-40(24)35-31)25-6-4-8-29(26(25)20-41)39-13-12-38-28-7-3-2-5-21(28)16-30(38)33(39)43/h4,6,8,15-18,23,41H,2-3,5,7,9-14,19-20H2,1H3,(H,34,35). The molecule has 0 bridgehead atoms. The van der Waals surface area contributed by atoms with Gasteiger partial charge >= 0.3 is 0 Å². The van der Waals surface area contributed by atoms with Crippen molar-refractivity contribution in [3.05, 3.63) is 81.2 Å². The molecule has 3 aromatic heterocycles. The highest BCUT2D eigenvalue weighted by Gasteiger charge is 2.33. The summed E-state index contributed by atoms with van der Waals surface area (Å²) in [5.41, 5.74) is 7.72. The van der Waals surface area contributed by atoms with Gasteiger partial charge in [0.1, 0.15) is 11.4 Å². The average Bonchev–Trinajstić information content (AvgIpc) is 3.69. The van der Waals surface area contributed by atoms with Crippen molar-refractivity contribution in [2.75, 3.05) is 23.3 Å². The molecule has 10 heteroatoms. The number of aromatic nitrogens is 4. The number of aryl methyl sites for hydroxylation is 2. The maximum atomic E-state index is 13.8. The minimum atomic E-state index is -0.232. The molecule has 1 saturated carbocycles. The number of hydrogen-bond acceptors (Lipinski definition) is 6. The van der Waals surface area contributed by atoms with Gasteiger partial charge in [0.05, 0.1) is 24.5 Å². The molecule has 0 spiro atoms. The van der Waals surface area contributed by atoms with Crippen LogP contribution in [0.1, 0.15) is 58.7 Å². The number of fused-ring (bicyclic) bond motifs is 4. The molecular weight excluding hydrogens is 542 g/mol. The zero-order valence-electron chi connectivity index (χ0n) is 24.6. The van der Waals surface area contributed by atoms with Crippen molar-refractivity contribution >= 4 is 23.1 Å². The molecule has 8 rings (SSSR count). The highest BCUT2D eigenvalue weighted by molar-refractivity contribution is 6.07. The Kier molecular flexibility index (Phi) is 6.30. The minimum Gasteiger partial charge on any atom is -0.392 e. The number of aliphatic hydroxyl groups excluding tert-OH is 1. The second kappa shape index (κ2) is 10.2. The first kappa shape index (κ1) is 26.5. The van der Waals surface area contributed by atoms with Crippen molar-refractivity contribution < 1.29 is 9.90 Å². The number of carbonyl (C=O) groups excluding carboxylic acids is 1. The molecular formula is C33H37N7O3. The lowest BCUT2D eigenvalue weighted by atomic mass is 9.98. The number of hydrogen-bond donors (Lipinski definition) is 2. The number of pyridine rings is 1. The Labute approximate surface area is 250 Å². The van der Waals surface area contributed by atoms with Crippen LogP contribution in [0, 0.1) is 0 Å². The summed E-state index contributed by atoms with van der Waals surface area (Å²) in [5.74, 6) is 0.627. The maximum absolute atomic E-state index is 13.8. The second-order valence-electron chi connectivity index (χ2n) is 12.4. The molecule has 4 aliphatic rings. The van der Waals surface area contributed by atoms with Crippen LogP contribution in [-0.4, -0.2) is 54.0 Å². The van der Waals surface area contributed by atoms with Crippen LogP contribution in [0.3, 0.4) is 0 Å². The Balaban J connectivity index is 1.11. The van der Waals surface area contributed by atoms with Gasteiger partial charge in [0, 0.05) is 68.4 Å². The summed E-state index contributed by atoms with van der Waals surface area (Å²) in [5, 5.41) is 18.7. The van der Waals surface area contributed by atoms with Gasteiger partial charge in [0.25, 0.3) is 11.5 Å². The summed E-state index contributed by atoms with van der Waals surface area (Å²) in [6.45, 7) is 3.79. The number of rotatable bonds is 6. The molecule has 0 saturated heterocycles. The third kappa shape index (κ3) is 4.51. The normalized spacial score (nSPS) is 18.4. The molecule has 4 aromatic rings. The van der Waals surface area contributed by atoms with Gasteiger partial charge < -0.3 is 24.5 Å². The maximum Gasteiger partial charge on any atom is 0.274 e. The van der Waals surface area contributed by atoms with E-state index in [0.717, 1.165) is 61.5 Å². The van der Waals surface area contributed by atoms with Crippen LogP contribution in [0.5, 0.6) is 0 Å². The SMILES string of the molecule is Cn1cc(-c2cccc(N3CCn4c(cc5c4CCCC5)C3=O)c2CO)cc(Nc2cc3n(n2)CCN(C2CC2)C3)c1=O. The molecule has 0 atom stereocenters. The van der Waals surface area contributed by atoms with Gasteiger partial charge in [-0.3, -0.25) is 19.2 Å². The number of amides is 1. The molecule has 1 fully saturated rings. The van der Waals surface area contributed by atoms with Gasteiger partial charge in [-0.15, -0.1) is 0 Å². The molecule has 2 aliphatic heterocycles. The lowest BCUT2D eigenvalue weighted by Gasteiger charge is -2.31. The third-order valence-electron chi connectivity index (χ3n) is 9.67. The lowest BCUT2D eigenvalue weighted by Crippen LogP contribution is -2.41. The molecule has 10 nitrogen and oxygen atoms in total. The van der Waals surface area contributed by atoms with Crippen molar-refractivity contribution in [1.29, 1.82) is 0 Å². The van der Waals surface area contributed by atoms with Crippen molar-refractivity contribution in [2.45, 2.75) is 70.8 Å². The van der Waals surface area contributed by atoms with Gasteiger partial charge in [-0.05, 0) is 67.9 Å². The largest absolute Gasteiger partial charge is 0.392 e. The van der Waals surface area contributed by atoms with Crippen molar-refractivity contribution in [1.82, 2.24) is 23.8 Å². The van der Waals surface area contributed by atoms with E-state index in [0.29, 0.717) is 35.3 Å². The summed E-state index contributed by atoms with van der Waals surface area (Å²) in [6, 6.07) is 12.4. The average molecular weight is 580 g/mol. The van der Waals surface area contributed by atoms with Crippen LogP contribution in [0.4, 0.5) is 17.2 Å². The van der Waals surface area contributed by atoms with Crippen molar-refractivity contribution in [3.8, 4) is 11.1 Å². The van der Waals surface area contributed by atoms with Crippen LogP contribution in [0.25, 0.3) is 11.1 Å². The second-order valence-corrected chi connectivity index (χ2v) is 12.4. The molecule has 2 aliphatic carbocycles. The van der Waals surface area contributed by atoms with E-state index in [-0.39, 0.29) is 18.1 Å². The first-order chi connectivity index (χ1) is 21.0. The van der Waals surface area contributed by atoms with Gasteiger partial charge in [-0.1, -0.05) is 12.1 Å². The van der Waals surface area contributed by atoms with Gasteiger partial charge in [-0.25, -0.2) is 0 Å². The number of nitrogens with one attached hydrogen (secondary N) is 1. The zero-order valence-corrected chi connectivity index (χ0v) is 24.6. The Bertz CT molecular complexity index is 1810. The third-order valence-corrected chi connectivity index (χ3v) is 9.67. The van der Waals surface area contributed by atoms with Crippen LogP contribution in [-0.2, 0) is 46.1 Å². The van der Waals surface area contributed by atoms with E-state index in [1.54, 1.807) is 22.7 Å². The van der Waals surface area contributed by atoms with E-state index in [1.807, 2.05) is 35.0 Å². The molecule has 0 radical (unpaired) electrons. The predicted octanol–water partition coefficient (Wildman–Crippen LogP) is 3.80. The van der Waals surface area contributed by atoms with Crippen molar-refractivity contribution in [2.24, 2.45) is 7.05 Å². The molecule has 222 valence electrons. The molecule has 1 amide bonds. The van der Waals surface area contributed by atoms with Crippen LogP contribution < -0.4 is 15.8 Å². The smallest absolute Gasteiger partial charge is 0.274 e. The fourth-order valence-electron chi connectivity index (χ4n) is 7.32. The molecule has 1 aromatic carbocycles.